The van der Waals surface area contributed by atoms with Crippen LogP contribution in [0.15, 0.2) is 11.4 Å². The Kier molecular flexibility index (Phi) is 4.21. The lowest BCUT2D eigenvalue weighted by atomic mass is 10.1. The Hall–Kier alpha value is -1.27. The Morgan fingerprint density at radius 1 is 1.64 bits per heavy atom. The molecule has 2 nitrogen and oxygen atoms in total. The van der Waals surface area contributed by atoms with Gasteiger partial charge in [0.15, 0.2) is 0 Å². The average Bonchev–Trinajstić information content (AvgIpc) is 2.58. The van der Waals surface area contributed by atoms with E-state index in [1.165, 1.54) is 12.0 Å². The van der Waals surface area contributed by atoms with Crippen molar-refractivity contribution in [3.05, 3.63) is 21.9 Å². The van der Waals surface area contributed by atoms with Crippen molar-refractivity contribution in [2.75, 3.05) is 0 Å². The molecule has 0 spiro atoms. The molecule has 1 heterocycles. The number of hydrogen-bond donors (Lipinski definition) is 1. The van der Waals surface area contributed by atoms with E-state index in [4.69, 9.17) is 5.73 Å². The molecule has 0 aliphatic carbocycles. The molecule has 0 aliphatic heterocycles. The number of hydrogen-bond acceptors (Lipinski definition) is 2. The number of nitrogens with two attached hydrogens (primary N) is 1. The van der Waals surface area contributed by atoms with Gasteiger partial charge in [0.1, 0.15) is 0 Å². The van der Waals surface area contributed by atoms with Crippen LogP contribution in [0.3, 0.4) is 0 Å². The average molecular weight is 207 g/mol. The molecule has 14 heavy (non-hydrogen) atoms. The van der Waals surface area contributed by atoms with E-state index in [2.05, 4.69) is 24.8 Å². The Morgan fingerprint density at radius 2 is 2.43 bits per heavy atom. The summed E-state index contributed by atoms with van der Waals surface area (Å²) in [5, 5.41) is 2.00. The highest BCUT2D eigenvalue weighted by atomic mass is 32.1. The second kappa shape index (κ2) is 5.46. The molecular weight excluding hydrogens is 194 g/mol. The molecule has 0 unspecified atom stereocenters. The molecule has 0 atom stereocenters. The van der Waals surface area contributed by atoms with Gasteiger partial charge in [-0.25, -0.2) is 0 Å². The van der Waals surface area contributed by atoms with Crippen LogP contribution in [0.2, 0.25) is 0 Å². The molecule has 0 saturated carbocycles. The number of aryl methyl sites for hydroxylation is 1. The summed E-state index contributed by atoms with van der Waals surface area (Å²) < 4.78 is 0. The number of amides is 1. The third-order valence-corrected chi connectivity index (χ3v) is 2.72. The molecule has 0 aromatic carbocycles. The van der Waals surface area contributed by atoms with E-state index in [9.17, 15) is 4.79 Å². The highest BCUT2D eigenvalue weighted by Gasteiger charge is 2.00. The summed E-state index contributed by atoms with van der Waals surface area (Å²) in [6, 6.07) is 2.06. The maximum Gasteiger partial charge on any atom is 0.293 e. The minimum atomic E-state index is -0.570. The molecule has 2 N–H and O–H groups in total. The van der Waals surface area contributed by atoms with Crippen molar-refractivity contribution in [2.24, 2.45) is 5.73 Å². The van der Waals surface area contributed by atoms with Crippen molar-refractivity contribution in [3.63, 3.8) is 0 Å². The third kappa shape index (κ3) is 3.23. The molecule has 1 amide bonds. The summed E-state index contributed by atoms with van der Waals surface area (Å²) >= 11 is 1.56. The predicted molar refractivity (Wildman–Crippen MR) is 59.0 cm³/mol. The SMILES string of the molecule is CCCCc1ccsc1C#CC(N)=O. The van der Waals surface area contributed by atoms with Crippen LogP contribution in [0, 0.1) is 11.8 Å². The lowest BCUT2D eigenvalue weighted by Crippen LogP contribution is -2.06. The van der Waals surface area contributed by atoms with Crippen LogP contribution in [-0.2, 0) is 11.2 Å². The summed E-state index contributed by atoms with van der Waals surface area (Å²) in [7, 11) is 0. The van der Waals surface area contributed by atoms with Crippen molar-refractivity contribution < 1.29 is 4.79 Å². The van der Waals surface area contributed by atoms with Crippen LogP contribution in [0.25, 0.3) is 0 Å². The fourth-order valence-corrected chi connectivity index (χ4v) is 1.93. The van der Waals surface area contributed by atoms with Crippen molar-refractivity contribution in [3.8, 4) is 11.8 Å². The maximum absolute atomic E-state index is 10.5. The number of carbonyl (C=O) groups is 1. The first kappa shape index (κ1) is 10.8. The highest BCUT2D eigenvalue weighted by molar-refractivity contribution is 7.10. The number of carbonyl (C=O) groups excluding carboxylic acids is 1. The standard InChI is InChI=1S/C11H13NOS/c1-2-3-4-9-7-8-14-10(9)5-6-11(12)13/h7-8H,2-4H2,1H3,(H2,12,13). The van der Waals surface area contributed by atoms with Gasteiger partial charge >= 0.3 is 0 Å². The lowest BCUT2D eigenvalue weighted by Gasteiger charge is -1.95. The highest BCUT2D eigenvalue weighted by Crippen LogP contribution is 2.17. The second-order valence-electron chi connectivity index (χ2n) is 2.99. The number of rotatable bonds is 3. The Labute approximate surface area is 88.1 Å². The molecule has 1 aromatic rings. The molecular formula is C11H13NOS. The van der Waals surface area contributed by atoms with Gasteiger partial charge in [-0.1, -0.05) is 13.3 Å². The lowest BCUT2D eigenvalue weighted by molar-refractivity contribution is -0.112. The summed E-state index contributed by atoms with van der Waals surface area (Å²) in [6.45, 7) is 2.15. The van der Waals surface area contributed by atoms with Gasteiger partial charge in [0.25, 0.3) is 5.91 Å². The van der Waals surface area contributed by atoms with Crippen molar-refractivity contribution >= 4 is 17.2 Å². The fraction of sp³-hybridized carbons (Fsp3) is 0.364. The summed E-state index contributed by atoms with van der Waals surface area (Å²) in [4.78, 5) is 11.4. The van der Waals surface area contributed by atoms with Gasteiger partial charge in [0.05, 0.1) is 4.88 Å². The zero-order valence-electron chi connectivity index (χ0n) is 8.17. The van der Waals surface area contributed by atoms with Crippen molar-refractivity contribution in [1.29, 1.82) is 0 Å². The van der Waals surface area contributed by atoms with Crippen LogP contribution < -0.4 is 5.73 Å². The molecule has 3 heteroatoms. The minimum Gasteiger partial charge on any atom is -0.359 e. The fourth-order valence-electron chi connectivity index (χ4n) is 1.13. The first-order valence-corrected chi connectivity index (χ1v) is 5.49. The maximum atomic E-state index is 10.5. The van der Waals surface area contributed by atoms with Crippen LogP contribution in [0.4, 0.5) is 0 Å². The molecule has 0 radical (unpaired) electrons. The second-order valence-corrected chi connectivity index (χ2v) is 3.91. The van der Waals surface area contributed by atoms with Gasteiger partial charge in [-0.15, -0.1) is 11.3 Å². The predicted octanol–water partition coefficient (Wildman–Crippen LogP) is 1.93. The van der Waals surface area contributed by atoms with Gasteiger partial charge < -0.3 is 5.73 Å². The van der Waals surface area contributed by atoms with Crippen LogP contribution in [0.1, 0.15) is 30.2 Å². The number of primary amides is 1. The summed E-state index contributed by atoms with van der Waals surface area (Å²) in [5.74, 6) is 4.59. The van der Waals surface area contributed by atoms with Gasteiger partial charge in [-0.3, -0.25) is 4.79 Å². The number of thiophene rings is 1. The normalized spacial score (nSPS) is 9.21. The molecule has 0 bridgehead atoms. The van der Waals surface area contributed by atoms with Gasteiger partial charge in [-0.2, -0.15) is 0 Å². The van der Waals surface area contributed by atoms with E-state index in [1.807, 2.05) is 5.38 Å². The molecule has 74 valence electrons. The topological polar surface area (TPSA) is 43.1 Å². The van der Waals surface area contributed by atoms with Crippen LogP contribution in [-0.4, -0.2) is 5.91 Å². The third-order valence-electron chi connectivity index (χ3n) is 1.85. The van der Waals surface area contributed by atoms with Gasteiger partial charge in [-0.05, 0) is 35.8 Å². The molecule has 0 fully saturated rings. The molecule has 0 aliphatic rings. The van der Waals surface area contributed by atoms with Crippen LogP contribution in [0.5, 0.6) is 0 Å². The van der Waals surface area contributed by atoms with E-state index in [0.29, 0.717) is 0 Å². The zero-order valence-corrected chi connectivity index (χ0v) is 8.99. The van der Waals surface area contributed by atoms with Crippen molar-refractivity contribution in [2.45, 2.75) is 26.2 Å². The van der Waals surface area contributed by atoms with Crippen LogP contribution >= 0.6 is 11.3 Å². The zero-order chi connectivity index (χ0) is 10.4. The van der Waals surface area contributed by atoms with E-state index in [-0.39, 0.29) is 0 Å². The summed E-state index contributed by atoms with van der Waals surface area (Å²) in [5.41, 5.74) is 6.18. The quantitative estimate of drug-likeness (QED) is 0.756. The largest absolute Gasteiger partial charge is 0.359 e. The van der Waals surface area contributed by atoms with Gasteiger partial charge in [0, 0.05) is 5.92 Å². The molecule has 1 rings (SSSR count). The first-order chi connectivity index (χ1) is 6.74. The monoisotopic (exact) mass is 207 g/mol. The Bertz CT molecular complexity index is 370. The Morgan fingerprint density at radius 3 is 3.07 bits per heavy atom. The summed E-state index contributed by atoms with van der Waals surface area (Å²) in [6.07, 6.45) is 3.35. The molecule has 0 saturated heterocycles. The smallest absolute Gasteiger partial charge is 0.293 e. The number of unbranched alkanes of at least 4 members (excludes halogenated alkanes) is 1. The minimum absolute atomic E-state index is 0.570. The van der Waals surface area contributed by atoms with Crippen molar-refractivity contribution in [1.82, 2.24) is 0 Å². The van der Waals surface area contributed by atoms with E-state index in [1.54, 1.807) is 11.3 Å². The van der Waals surface area contributed by atoms with Gasteiger partial charge in [0.2, 0.25) is 0 Å². The van der Waals surface area contributed by atoms with E-state index < -0.39 is 5.91 Å². The Balaban J connectivity index is 2.73. The van der Waals surface area contributed by atoms with E-state index in [0.717, 1.165) is 17.7 Å². The first-order valence-electron chi connectivity index (χ1n) is 4.62. The van der Waals surface area contributed by atoms with E-state index >= 15 is 0 Å². The molecule has 1 aromatic heterocycles.